The van der Waals surface area contributed by atoms with Crippen molar-refractivity contribution < 1.29 is 23.8 Å². The molecule has 1 atom stereocenters. The van der Waals surface area contributed by atoms with Gasteiger partial charge in [0.1, 0.15) is 18.9 Å². The first-order chi connectivity index (χ1) is 18.3. The number of fused-ring (bicyclic) bond motifs is 2. The highest BCUT2D eigenvalue weighted by Crippen LogP contribution is 2.35. The van der Waals surface area contributed by atoms with Gasteiger partial charge < -0.3 is 24.0 Å². The molecule has 7 nitrogen and oxygen atoms in total. The molecule has 3 heterocycles. The van der Waals surface area contributed by atoms with Crippen molar-refractivity contribution in [1.29, 1.82) is 0 Å². The Labute approximate surface area is 227 Å². The van der Waals surface area contributed by atoms with E-state index < -0.39 is 0 Å². The second kappa shape index (κ2) is 11.1. The van der Waals surface area contributed by atoms with Crippen LogP contribution in [0, 0.1) is 0 Å². The minimum Gasteiger partial charge on any atom is -0.491 e. The van der Waals surface area contributed by atoms with Gasteiger partial charge in [0.25, 0.3) is 5.91 Å². The monoisotopic (exact) mass is 534 g/mol. The minimum atomic E-state index is -0.211. The minimum absolute atomic E-state index is 0.00992. The van der Waals surface area contributed by atoms with E-state index >= 15 is 0 Å². The summed E-state index contributed by atoms with van der Waals surface area (Å²) in [5.41, 5.74) is 2.86. The van der Waals surface area contributed by atoms with Gasteiger partial charge in [-0.25, -0.2) is 0 Å². The van der Waals surface area contributed by atoms with Crippen LogP contribution in [0.1, 0.15) is 66.0 Å². The lowest BCUT2D eigenvalue weighted by Gasteiger charge is -2.37. The molecule has 1 unspecified atom stereocenters. The van der Waals surface area contributed by atoms with E-state index in [1.165, 1.54) is 10.4 Å². The van der Waals surface area contributed by atoms with Gasteiger partial charge in [-0.15, -0.1) is 11.3 Å². The Morgan fingerprint density at radius 2 is 1.82 bits per heavy atom. The van der Waals surface area contributed by atoms with Gasteiger partial charge in [0.05, 0.1) is 6.04 Å². The number of carbonyl (C=O) groups is 2. The van der Waals surface area contributed by atoms with Crippen molar-refractivity contribution in [3.05, 3.63) is 75.5 Å². The van der Waals surface area contributed by atoms with Gasteiger partial charge >= 0.3 is 0 Å². The number of nitrogens with zero attached hydrogens (tertiary/aromatic N) is 2. The van der Waals surface area contributed by atoms with E-state index in [4.69, 9.17) is 14.2 Å². The molecule has 2 aliphatic heterocycles. The molecule has 38 heavy (non-hydrogen) atoms. The SMILES string of the molecule is CC(C)c1ccc(OCC2c3ccsc3CCN2C(=O)CN(C(=O)c2ccc3c(c2)OCO3)C(C)C)cc1. The second-order valence-electron chi connectivity index (χ2n) is 10.3. The van der Waals surface area contributed by atoms with E-state index in [-0.39, 0.29) is 37.2 Å². The fourth-order valence-corrected chi connectivity index (χ4v) is 5.85. The summed E-state index contributed by atoms with van der Waals surface area (Å²) in [7, 11) is 0. The van der Waals surface area contributed by atoms with Crippen molar-refractivity contribution in [1.82, 2.24) is 9.80 Å². The van der Waals surface area contributed by atoms with Gasteiger partial charge in [0.15, 0.2) is 11.5 Å². The predicted octanol–water partition coefficient (Wildman–Crippen LogP) is 5.66. The van der Waals surface area contributed by atoms with Crippen molar-refractivity contribution in [3.8, 4) is 17.2 Å². The van der Waals surface area contributed by atoms with Crippen molar-refractivity contribution in [2.24, 2.45) is 0 Å². The van der Waals surface area contributed by atoms with Crippen LogP contribution in [0.15, 0.2) is 53.9 Å². The summed E-state index contributed by atoms with van der Waals surface area (Å²) >= 11 is 1.72. The van der Waals surface area contributed by atoms with Crippen LogP contribution < -0.4 is 14.2 Å². The third-order valence-electron chi connectivity index (χ3n) is 7.18. The normalized spacial score (nSPS) is 16.1. The van der Waals surface area contributed by atoms with E-state index in [1.54, 1.807) is 34.4 Å². The summed E-state index contributed by atoms with van der Waals surface area (Å²) in [6.07, 6.45) is 0.802. The Bertz CT molecular complexity index is 1300. The Balaban J connectivity index is 1.32. The Morgan fingerprint density at radius 3 is 2.55 bits per heavy atom. The van der Waals surface area contributed by atoms with Crippen molar-refractivity contribution in [2.75, 3.05) is 26.5 Å². The number of carbonyl (C=O) groups excluding carboxylic acids is 2. The quantitative estimate of drug-likeness (QED) is 0.373. The van der Waals surface area contributed by atoms with Gasteiger partial charge in [-0.1, -0.05) is 26.0 Å². The summed E-state index contributed by atoms with van der Waals surface area (Å²) in [6.45, 7) is 9.26. The van der Waals surface area contributed by atoms with Crippen LogP contribution in [0.2, 0.25) is 0 Å². The summed E-state index contributed by atoms with van der Waals surface area (Å²) in [5.74, 6) is 2.10. The molecule has 0 radical (unpaired) electrons. The summed E-state index contributed by atoms with van der Waals surface area (Å²) < 4.78 is 17.0. The van der Waals surface area contributed by atoms with Crippen molar-refractivity contribution in [3.63, 3.8) is 0 Å². The fraction of sp³-hybridized carbons (Fsp3) is 0.400. The van der Waals surface area contributed by atoms with Crippen LogP contribution in [0.25, 0.3) is 0 Å². The largest absolute Gasteiger partial charge is 0.491 e. The zero-order chi connectivity index (χ0) is 26.8. The van der Waals surface area contributed by atoms with Crippen LogP contribution in [0.3, 0.4) is 0 Å². The molecule has 0 spiro atoms. The van der Waals surface area contributed by atoms with Gasteiger partial charge in [-0.2, -0.15) is 0 Å². The standard InChI is InChI=1S/C30H34N2O5S/c1-19(2)21-5-8-23(9-6-21)35-17-25-24-12-14-38-28(24)11-13-31(25)29(33)16-32(20(3)4)30(34)22-7-10-26-27(15-22)37-18-36-26/h5-10,12,14-15,19-20,25H,11,13,16-18H2,1-4H3. The number of rotatable bonds is 8. The molecule has 0 aliphatic carbocycles. The highest BCUT2D eigenvalue weighted by molar-refractivity contribution is 7.10. The van der Waals surface area contributed by atoms with E-state index in [9.17, 15) is 9.59 Å². The second-order valence-corrected chi connectivity index (χ2v) is 11.3. The smallest absolute Gasteiger partial charge is 0.254 e. The van der Waals surface area contributed by atoms with Gasteiger partial charge in [-0.3, -0.25) is 9.59 Å². The average molecular weight is 535 g/mol. The molecule has 0 N–H and O–H groups in total. The van der Waals surface area contributed by atoms with Gasteiger partial charge in [0.2, 0.25) is 12.7 Å². The molecule has 8 heteroatoms. The maximum absolute atomic E-state index is 13.7. The highest BCUT2D eigenvalue weighted by Gasteiger charge is 2.34. The molecule has 2 aliphatic rings. The molecule has 0 bridgehead atoms. The topological polar surface area (TPSA) is 68.3 Å². The zero-order valence-corrected chi connectivity index (χ0v) is 23.1. The third kappa shape index (κ3) is 5.36. The van der Waals surface area contributed by atoms with E-state index in [0.717, 1.165) is 17.7 Å². The first kappa shape index (κ1) is 26.1. The average Bonchev–Trinajstić information content (AvgIpc) is 3.59. The Kier molecular flexibility index (Phi) is 7.61. The lowest BCUT2D eigenvalue weighted by Crippen LogP contribution is -2.49. The molecule has 1 aromatic heterocycles. The van der Waals surface area contributed by atoms with E-state index in [1.807, 2.05) is 30.9 Å². The first-order valence-corrected chi connectivity index (χ1v) is 14.0. The maximum atomic E-state index is 13.7. The van der Waals surface area contributed by atoms with Crippen LogP contribution in [-0.2, 0) is 11.2 Å². The summed E-state index contributed by atoms with van der Waals surface area (Å²) in [4.78, 5) is 32.0. The zero-order valence-electron chi connectivity index (χ0n) is 22.3. The van der Waals surface area contributed by atoms with Crippen LogP contribution in [-0.4, -0.2) is 54.1 Å². The molecule has 3 aromatic rings. The summed E-state index contributed by atoms with van der Waals surface area (Å²) in [6, 6.07) is 15.0. The molecule has 2 amide bonds. The van der Waals surface area contributed by atoms with Gasteiger partial charge in [-0.05, 0) is 79.1 Å². The van der Waals surface area contributed by atoms with E-state index in [2.05, 4.69) is 37.4 Å². The molecule has 0 saturated heterocycles. The molecular weight excluding hydrogens is 500 g/mol. The molecule has 2 aromatic carbocycles. The fourth-order valence-electron chi connectivity index (χ4n) is 4.92. The van der Waals surface area contributed by atoms with Crippen LogP contribution >= 0.6 is 11.3 Å². The molecule has 0 fully saturated rings. The highest BCUT2D eigenvalue weighted by atomic mass is 32.1. The number of ether oxygens (including phenoxy) is 3. The number of hydrogen-bond acceptors (Lipinski definition) is 6. The lowest BCUT2D eigenvalue weighted by atomic mass is 10.00. The number of amides is 2. The summed E-state index contributed by atoms with van der Waals surface area (Å²) in [5, 5.41) is 2.08. The van der Waals surface area contributed by atoms with Crippen molar-refractivity contribution >= 4 is 23.2 Å². The number of hydrogen-bond donors (Lipinski definition) is 0. The van der Waals surface area contributed by atoms with Crippen LogP contribution in [0.4, 0.5) is 0 Å². The Hall–Kier alpha value is -3.52. The molecule has 5 rings (SSSR count). The first-order valence-electron chi connectivity index (χ1n) is 13.1. The number of thiophene rings is 1. The van der Waals surface area contributed by atoms with Gasteiger partial charge in [0, 0.05) is 23.0 Å². The molecular formula is C30H34N2O5S. The predicted molar refractivity (Wildman–Crippen MR) is 147 cm³/mol. The Morgan fingerprint density at radius 1 is 1.05 bits per heavy atom. The maximum Gasteiger partial charge on any atom is 0.254 e. The van der Waals surface area contributed by atoms with Crippen molar-refractivity contribution in [2.45, 2.75) is 52.1 Å². The number of benzene rings is 2. The molecule has 200 valence electrons. The molecule has 0 saturated carbocycles. The third-order valence-corrected chi connectivity index (χ3v) is 8.18. The van der Waals surface area contributed by atoms with Crippen LogP contribution in [0.5, 0.6) is 17.2 Å². The lowest BCUT2D eigenvalue weighted by molar-refractivity contribution is -0.136. The van der Waals surface area contributed by atoms with E-state index in [0.29, 0.717) is 36.1 Å².